The van der Waals surface area contributed by atoms with Gasteiger partial charge in [-0.25, -0.2) is 0 Å². The van der Waals surface area contributed by atoms with E-state index in [0.29, 0.717) is 11.3 Å². The molecule has 1 rings (SSSR count). The smallest absolute Gasteiger partial charge is 0.303 e. The fourth-order valence-corrected chi connectivity index (χ4v) is 1.52. The minimum absolute atomic E-state index is 0.0137. The molecule has 0 aliphatic carbocycles. The van der Waals surface area contributed by atoms with Crippen molar-refractivity contribution >= 4 is 5.97 Å². The number of aromatic hydroxyl groups is 1. The summed E-state index contributed by atoms with van der Waals surface area (Å²) in [7, 11) is 1.45. The molecule has 0 fully saturated rings. The maximum Gasteiger partial charge on any atom is 0.303 e. The van der Waals surface area contributed by atoms with E-state index >= 15 is 0 Å². The Morgan fingerprint density at radius 3 is 2.73 bits per heavy atom. The number of carboxylic acids is 1. The molecule has 0 saturated heterocycles. The molecule has 2 N–H and O–H groups in total. The number of hydrogen-bond acceptors (Lipinski definition) is 3. The van der Waals surface area contributed by atoms with Crippen molar-refractivity contribution in [3.8, 4) is 11.5 Å². The minimum atomic E-state index is -0.868. The van der Waals surface area contributed by atoms with Gasteiger partial charge in [0.05, 0.1) is 13.5 Å². The standard InChI is InChI=1S/C11H14O4/c1-7(6-10(13)14)8-4-3-5-9(12)11(8)15-2/h3-5,7,12H,6H2,1-2H3,(H,13,14). The highest BCUT2D eigenvalue weighted by Gasteiger charge is 2.16. The normalized spacial score (nSPS) is 12.1. The van der Waals surface area contributed by atoms with Gasteiger partial charge in [-0.1, -0.05) is 19.1 Å². The molecule has 0 bridgehead atoms. The van der Waals surface area contributed by atoms with Crippen molar-refractivity contribution in [1.82, 2.24) is 0 Å². The van der Waals surface area contributed by atoms with Gasteiger partial charge in [0, 0.05) is 5.56 Å². The van der Waals surface area contributed by atoms with Gasteiger partial charge in [-0.3, -0.25) is 4.79 Å². The molecule has 0 aliphatic heterocycles. The molecule has 82 valence electrons. The molecule has 1 aromatic rings. The number of phenols is 1. The summed E-state index contributed by atoms with van der Waals surface area (Å²) in [5.74, 6) is -0.670. The van der Waals surface area contributed by atoms with Crippen LogP contribution in [-0.2, 0) is 4.79 Å². The first-order valence-electron chi connectivity index (χ1n) is 4.64. The number of para-hydroxylation sites is 1. The van der Waals surface area contributed by atoms with Crippen molar-refractivity contribution in [3.63, 3.8) is 0 Å². The Balaban J connectivity index is 3.02. The third-order valence-electron chi connectivity index (χ3n) is 2.24. The second kappa shape index (κ2) is 4.68. The molecule has 0 aliphatic rings. The summed E-state index contributed by atoms with van der Waals surface area (Å²) in [4.78, 5) is 10.6. The van der Waals surface area contributed by atoms with Crippen LogP contribution in [0.5, 0.6) is 11.5 Å². The molecule has 0 radical (unpaired) electrons. The lowest BCUT2D eigenvalue weighted by Gasteiger charge is -2.14. The van der Waals surface area contributed by atoms with Crippen molar-refractivity contribution in [2.75, 3.05) is 7.11 Å². The number of methoxy groups -OCH3 is 1. The van der Waals surface area contributed by atoms with Gasteiger partial charge >= 0.3 is 5.97 Å². The molecule has 0 saturated carbocycles. The first kappa shape index (κ1) is 11.4. The van der Waals surface area contributed by atoms with Gasteiger partial charge in [0.2, 0.25) is 0 Å². The number of ether oxygens (including phenoxy) is 1. The SMILES string of the molecule is COc1c(O)cccc1C(C)CC(=O)O. The van der Waals surface area contributed by atoms with Crippen molar-refractivity contribution in [3.05, 3.63) is 23.8 Å². The number of carbonyl (C=O) groups is 1. The van der Waals surface area contributed by atoms with E-state index in [1.165, 1.54) is 13.2 Å². The topological polar surface area (TPSA) is 66.8 Å². The zero-order chi connectivity index (χ0) is 11.4. The second-order valence-corrected chi connectivity index (χ2v) is 3.40. The highest BCUT2D eigenvalue weighted by molar-refractivity contribution is 5.68. The Bertz CT molecular complexity index is 360. The van der Waals surface area contributed by atoms with Crippen LogP contribution in [0.1, 0.15) is 24.8 Å². The minimum Gasteiger partial charge on any atom is -0.504 e. The van der Waals surface area contributed by atoms with Gasteiger partial charge in [-0.2, -0.15) is 0 Å². The fraction of sp³-hybridized carbons (Fsp3) is 0.364. The Hall–Kier alpha value is -1.71. The zero-order valence-corrected chi connectivity index (χ0v) is 8.73. The Kier molecular flexibility index (Phi) is 3.55. The number of aliphatic carboxylic acids is 1. The summed E-state index contributed by atoms with van der Waals surface area (Å²) < 4.78 is 5.04. The number of hydrogen-bond donors (Lipinski definition) is 2. The molecule has 0 spiro atoms. The average molecular weight is 210 g/mol. The van der Waals surface area contributed by atoms with Crippen LogP contribution in [0.15, 0.2) is 18.2 Å². The Morgan fingerprint density at radius 2 is 2.20 bits per heavy atom. The van der Waals surface area contributed by atoms with Crippen LogP contribution >= 0.6 is 0 Å². The van der Waals surface area contributed by atoms with Crippen LogP contribution in [0.4, 0.5) is 0 Å². The van der Waals surface area contributed by atoms with Crippen molar-refractivity contribution < 1.29 is 19.7 Å². The van der Waals surface area contributed by atoms with E-state index in [9.17, 15) is 9.90 Å². The van der Waals surface area contributed by atoms with Crippen LogP contribution in [-0.4, -0.2) is 23.3 Å². The lowest BCUT2D eigenvalue weighted by molar-refractivity contribution is -0.137. The van der Waals surface area contributed by atoms with Gasteiger partial charge in [0.25, 0.3) is 0 Å². The Morgan fingerprint density at radius 1 is 1.53 bits per heavy atom. The quantitative estimate of drug-likeness (QED) is 0.797. The first-order chi connectivity index (χ1) is 7.06. The van der Waals surface area contributed by atoms with Crippen LogP contribution in [0.3, 0.4) is 0 Å². The van der Waals surface area contributed by atoms with E-state index in [-0.39, 0.29) is 18.1 Å². The van der Waals surface area contributed by atoms with Crippen LogP contribution in [0.25, 0.3) is 0 Å². The second-order valence-electron chi connectivity index (χ2n) is 3.40. The summed E-state index contributed by atoms with van der Waals surface area (Å²) in [6, 6.07) is 4.94. The summed E-state index contributed by atoms with van der Waals surface area (Å²) in [6.07, 6.45) is 0.0137. The lowest BCUT2D eigenvalue weighted by Crippen LogP contribution is -2.04. The third kappa shape index (κ3) is 2.62. The van der Waals surface area contributed by atoms with Crippen molar-refractivity contribution in [2.24, 2.45) is 0 Å². The third-order valence-corrected chi connectivity index (χ3v) is 2.24. The van der Waals surface area contributed by atoms with E-state index in [1.54, 1.807) is 19.1 Å². The van der Waals surface area contributed by atoms with Gasteiger partial charge in [-0.05, 0) is 12.0 Å². The fourth-order valence-electron chi connectivity index (χ4n) is 1.52. The van der Waals surface area contributed by atoms with E-state index in [1.807, 2.05) is 0 Å². The molecule has 0 amide bonds. The number of rotatable bonds is 4. The van der Waals surface area contributed by atoms with E-state index < -0.39 is 5.97 Å². The molecular formula is C11H14O4. The molecule has 15 heavy (non-hydrogen) atoms. The molecular weight excluding hydrogens is 196 g/mol. The molecule has 1 atom stereocenters. The van der Waals surface area contributed by atoms with Gasteiger partial charge < -0.3 is 14.9 Å². The molecule has 0 heterocycles. The van der Waals surface area contributed by atoms with Crippen LogP contribution in [0.2, 0.25) is 0 Å². The number of carboxylic acid groups (broad SMARTS) is 1. The maximum atomic E-state index is 10.6. The van der Waals surface area contributed by atoms with E-state index in [4.69, 9.17) is 9.84 Å². The zero-order valence-electron chi connectivity index (χ0n) is 8.73. The molecule has 1 aromatic carbocycles. The molecule has 1 unspecified atom stereocenters. The molecule has 4 heteroatoms. The maximum absolute atomic E-state index is 10.6. The van der Waals surface area contributed by atoms with Crippen LogP contribution < -0.4 is 4.74 Å². The summed E-state index contributed by atoms with van der Waals surface area (Å²) in [6.45, 7) is 1.78. The summed E-state index contributed by atoms with van der Waals surface area (Å²) in [5.41, 5.74) is 0.708. The molecule has 4 nitrogen and oxygen atoms in total. The highest BCUT2D eigenvalue weighted by Crippen LogP contribution is 2.35. The number of phenolic OH excluding ortho intramolecular Hbond substituents is 1. The first-order valence-corrected chi connectivity index (χ1v) is 4.64. The Labute approximate surface area is 88.1 Å². The monoisotopic (exact) mass is 210 g/mol. The van der Waals surface area contributed by atoms with Gasteiger partial charge in [0.1, 0.15) is 0 Å². The van der Waals surface area contributed by atoms with E-state index in [0.717, 1.165) is 0 Å². The van der Waals surface area contributed by atoms with Crippen molar-refractivity contribution in [1.29, 1.82) is 0 Å². The van der Waals surface area contributed by atoms with Gasteiger partial charge in [0.15, 0.2) is 11.5 Å². The predicted molar refractivity (Wildman–Crippen MR) is 55.3 cm³/mol. The average Bonchev–Trinajstić information content (AvgIpc) is 2.16. The molecule has 0 aromatic heterocycles. The van der Waals surface area contributed by atoms with E-state index in [2.05, 4.69) is 0 Å². The number of benzene rings is 1. The lowest BCUT2D eigenvalue weighted by atomic mass is 9.96. The predicted octanol–water partition coefficient (Wildman–Crippen LogP) is 1.98. The van der Waals surface area contributed by atoms with Crippen LogP contribution in [0, 0.1) is 0 Å². The summed E-state index contributed by atoms with van der Waals surface area (Å²) >= 11 is 0. The van der Waals surface area contributed by atoms with Crippen molar-refractivity contribution in [2.45, 2.75) is 19.3 Å². The van der Waals surface area contributed by atoms with Gasteiger partial charge in [-0.15, -0.1) is 0 Å². The highest BCUT2D eigenvalue weighted by atomic mass is 16.5. The largest absolute Gasteiger partial charge is 0.504 e. The summed E-state index contributed by atoms with van der Waals surface area (Å²) in [5, 5.41) is 18.2.